The maximum Gasteiger partial charge on any atom is 0.411 e. The van der Waals surface area contributed by atoms with Gasteiger partial charge in [-0.05, 0) is 62.1 Å². The number of carbonyl (C=O) groups is 3. The number of carbonyl (C=O) groups excluding carboxylic acids is 1. The number of thiophene rings is 1. The molecule has 47 heavy (non-hydrogen) atoms. The summed E-state index contributed by atoms with van der Waals surface area (Å²) >= 11 is 7.35. The van der Waals surface area contributed by atoms with Crippen molar-refractivity contribution in [3.05, 3.63) is 64.0 Å². The van der Waals surface area contributed by atoms with E-state index in [4.69, 9.17) is 26.2 Å². The molecule has 2 fully saturated rings. The van der Waals surface area contributed by atoms with Crippen molar-refractivity contribution in [2.24, 2.45) is 0 Å². The number of carboxylic acid groups (broad SMARTS) is 2. The Kier molecular flexibility index (Phi) is 10.3. The van der Waals surface area contributed by atoms with Gasteiger partial charge in [0.1, 0.15) is 11.1 Å². The lowest BCUT2D eigenvalue weighted by Gasteiger charge is -2.45. The minimum Gasteiger partial charge on any atom is -0.479 e. The lowest BCUT2D eigenvalue weighted by Crippen LogP contribution is -2.55. The largest absolute Gasteiger partial charge is 0.479 e. The lowest BCUT2D eigenvalue weighted by molar-refractivity contribution is -0.139. The zero-order chi connectivity index (χ0) is 33.9. The zero-order valence-corrected chi connectivity index (χ0v) is 28.0. The Hall–Kier alpha value is -3.89. The summed E-state index contributed by atoms with van der Waals surface area (Å²) in [6.07, 6.45) is 0.284. The van der Waals surface area contributed by atoms with Crippen molar-refractivity contribution >= 4 is 62.4 Å². The molecule has 0 saturated carbocycles. The van der Waals surface area contributed by atoms with E-state index in [9.17, 15) is 27.9 Å². The molecule has 252 valence electrons. The Labute approximate surface area is 280 Å². The molecule has 5 rings (SSSR count). The van der Waals surface area contributed by atoms with Crippen LogP contribution >= 0.6 is 22.9 Å². The van der Waals surface area contributed by atoms with E-state index >= 15 is 0 Å². The molecule has 0 spiro atoms. The number of hydrogen-bond donors (Lipinski definition) is 5. The van der Waals surface area contributed by atoms with Crippen molar-refractivity contribution in [3.63, 3.8) is 0 Å². The third-order valence-corrected chi connectivity index (χ3v) is 11.5. The third-order valence-electron chi connectivity index (χ3n) is 7.82. The normalized spacial score (nSPS) is 18.1. The molecule has 1 amide bonds. The van der Waals surface area contributed by atoms with Gasteiger partial charge < -0.3 is 30.3 Å². The van der Waals surface area contributed by atoms with Crippen molar-refractivity contribution in [3.8, 4) is 16.2 Å². The van der Waals surface area contributed by atoms with Crippen molar-refractivity contribution in [2.75, 3.05) is 36.9 Å². The first-order chi connectivity index (χ1) is 22.2. The summed E-state index contributed by atoms with van der Waals surface area (Å²) in [4.78, 5) is 35.1. The van der Waals surface area contributed by atoms with Crippen LogP contribution in [0.4, 0.5) is 16.2 Å². The van der Waals surface area contributed by atoms with Gasteiger partial charge in [0.15, 0.2) is 17.2 Å². The molecule has 3 heterocycles. The van der Waals surface area contributed by atoms with E-state index in [0.717, 1.165) is 17.0 Å². The Morgan fingerprint density at radius 1 is 1.11 bits per heavy atom. The highest BCUT2D eigenvalue weighted by Gasteiger charge is 2.41. The number of piperidine rings is 1. The van der Waals surface area contributed by atoms with Crippen molar-refractivity contribution in [1.82, 2.24) is 9.62 Å². The van der Waals surface area contributed by atoms with Gasteiger partial charge >= 0.3 is 18.0 Å². The molecule has 2 aliphatic heterocycles. The van der Waals surface area contributed by atoms with Gasteiger partial charge in [0.2, 0.25) is 10.0 Å². The van der Waals surface area contributed by atoms with Gasteiger partial charge in [0.05, 0.1) is 10.6 Å². The van der Waals surface area contributed by atoms with Crippen LogP contribution in [-0.4, -0.2) is 84.9 Å². The van der Waals surface area contributed by atoms with E-state index in [1.807, 2.05) is 19.9 Å². The van der Waals surface area contributed by atoms with Crippen LogP contribution in [0.2, 0.25) is 5.02 Å². The number of benzene rings is 2. The fourth-order valence-corrected chi connectivity index (χ4v) is 9.03. The molecule has 1 atom stereocenters. The maximum atomic E-state index is 13.6. The van der Waals surface area contributed by atoms with Gasteiger partial charge in [-0.25, -0.2) is 22.8 Å². The molecule has 5 N–H and O–H groups in total. The number of anilines is 2. The van der Waals surface area contributed by atoms with Crippen LogP contribution in [0.15, 0.2) is 48.5 Å². The van der Waals surface area contributed by atoms with E-state index in [1.54, 1.807) is 42.5 Å². The molecule has 2 saturated heterocycles. The summed E-state index contributed by atoms with van der Waals surface area (Å²) in [5.41, 5.74) is 1.61. The summed E-state index contributed by atoms with van der Waals surface area (Å²) in [6, 6.07) is 13.8. The summed E-state index contributed by atoms with van der Waals surface area (Å²) in [5.74, 6) is -2.97. The van der Waals surface area contributed by atoms with Crippen LogP contribution in [0.3, 0.4) is 0 Å². The first-order valence-corrected chi connectivity index (χ1v) is 17.6. The van der Waals surface area contributed by atoms with Crippen LogP contribution in [-0.2, 0) is 25.3 Å². The van der Waals surface area contributed by atoms with Crippen molar-refractivity contribution < 1.29 is 42.5 Å². The quantitative estimate of drug-likeness (QED) is 0.172. The molecule has 16 heteroatoms. The second-order valence-electron chi connectivity index (χ2n) is 12.0. The van der Waals surface area contributed by atoms with E-state index in [1.165, 1.54) is 4.31 Å². The van der Waals surface area contributed by atoms with Gasteiger partial charge in [-0.15, -0.1) is 11.3 Å². The predicted molar refractivity (Wildman–Crippen MR) is 178 cm³/mol. The number of aromatic carboxylic acids is 1. The molecule has 2 aliphatic rings. The van der Waals surface area contributed by atoms with E-state index in [-0.39, 0.29) is 40.1 Å². The Morgan fingerprint density at radius 3 is 2.49 bits per heavy atom. The Balaban J connectivity index is 1.24. The smallest absolute Gasteiger partial charge is 0.411 e. The minimum absolute atomic E-state index is 0.0120. The fraction of sp³-hybridized carbons (Fsp3) is 0.387. The molecule has 0 aliphatic carbocycles. The molecule has 2 aromatic carbocycles. The highest BCUT2D eigenvalue weighted by molar-refractivity contribution is 7.88. The molecule has 3 aromatic rings. The zero-order valence-electron chi connectivity index (χ0n) is 25.6. The van der Waals surface area contributed by atoms with Crippen LogP contribution < -0.4 is 20.7 Å². The molecular formula is C31H35ClN4O9S2. The average Bonchev–Trinajstić information content (AvgIpc) is 3.29. The number of sulfonamides is 1. The van der Waals surface area contributed by atoms with E-state index < -0.39 is 40.2 Å². The average molecular weight is 707 g/mol. The first kappa shape index (κ1) is 34.4. The number of carboxylic acids is 2. The van der Waals surface area contributed by atoms with Crippen molar-refractivity contribution in [2.45, 2.75) is 50.1 Å². The van der Waals surface area contributed by atoms with Gasteiger partial charge in [-0.1, -0.05) is 35.9 Å². The summed E-state index contributed by atoms with van der Waals surface area (Å²) in [6.45, 7) is 4.53. The van der Waals surface area contributed by atoms with Crippen LogP contribution in [0.5, 0.6) is 5.75 Å². The molecule has 0 unspecified atom stereocenters. The highest BCUT2D eigenvalue weighted by atomic mass is 35.5. The van der Waals surface area contributed by atoms with Crippen LogP contribution in [0.25, 0.3) is 10.4 Å². The van der Waals surface area contributed by atoms with Gasteiger partial charge in [0, 0.05) is 42.6 Å². The summed E-state index contributed by atoms with van der Waals surface area (Å²) in [5, 5.41) is 27.8. The number of rotatable bonds is 12. The van der Waals surface area contributed by atoms with Gasteiger partial charge in [-0.2, -0.15) is 4.31 Å². The maximum absolute atomic E-state index is 13.6. The number of ether oxygens (including phenoxy) is 2. The van der Waals surface area contributed by atoms with Crippen molar-refractivity contribution in [1.29, 1.82) is 0 Å². The molecule has 0 bridgehead atoms. The van der Waals surface area contributed by atoms with Gasteiger partial charge in [0.25, 0.3) is 0 Å². The predicted octanol–water partition coefficient (Wildman–Crippen LogP) is 4.94. The summed E-state index contributed by atoms with van der Waals surface area (Å²) in [7, 11) is -3.72. The minimum atomic E-state index is -3.72. The van der Waals surface area contributed by atoms with E-state index in [0.29, 0.717) is 47.6 Å². The first-order valence-electron chi connectivity index (χ1n) is 14.8. The Bertz CT molecular complexity index is 1780. The number of nitrogens with one attached hydrogen (secondary N) is 3. The van der Waals surface area contributed by atoms with E-state index in [2.05, 4.69) is 16.0 Å². The second-order valence-corrected chi connectivity index (χ2v) is 15.2. The molecule has 13 nitrogen and oxygen atoms in total. The second kappa shape index (κ2) is 14.1. The van der Waals surface area contributed by atoms with Crippen LogP contribution in [0, 0.1) is 0 Å². The number of nitrogens with zero attached hydrogens (tertiary/aromatic N) is 1. The number of hydrogen-bond acceptors (Lipinski definition) is 10. The monoisotopic (exact) mass is 706 g/mol. The number of aliphatic carboxylic acids is 1. The third kappa shape index (κ3) is 8.34. The highest BCUT2D eigenvalue weighted by Crippen LogP contribution is 2.46. The SMILES string of the molecule is CC1(C)C[C@@H](Nc2cccc(-c3sc(C(=O)O)c(OCC(=O)O)c3Cl)c2)CCN1S(=O)(=O)Cc1cccc(NC(=O)OC2CNC2)c1. The molecule has 0 radical (unpaired) electrons. The number of halogens is 1. The molecular weight excluding hydrogens is 672 g/mol. The van der Waals surface area contributed by atoms with Crippen LogP contribution in [0.1, 0.15) is 41.9 Å². The number of amides is 1. The standard InChI is InChI=1S/C31H35ClN4O9S2/c1-31(2)13-22(34-21-8-4-6-19(12-21)27-25(32)26(44-16-24(37)38)28(46-27)29(39)40)9-10-36(31)47(42,43)17-18-5-3-7-20(11-18)35-30(41)45-23-14-33-15-23/h3-8,11-12,22-23,33-34H,9-10,13-17H2,1-2H3,(H,35,41)(H,37,38)(H,39,40)/t22-/m0/s1. The fourth-order valence-electron chi connectivity index (χ4n) is 5.66. The Morgan fingerprint density at radius 2 is 1.83 bits per heavy atom. The molecule has 1 aromatic heterocycles. The van der Waals surface area contributed by atoms with Gasteiger partial charge in [-0.3, -0.25) is 5.32 Å². The lowest BCUT2D eigenvalue weighted by atomic mass is 9.89. The topological polar surface area (TPSA) is 184 Å². The summed E-state index contributed by atoms with van der Waals surface area (Å²) < 4.78 is 39.3.